The zero-order chi connectivity index (χ0) is 13.8. The number of hydrogen-bond donors (Lipinski definition) is 2. The first-order valence-corrected chi connectivity index (χ1v) is 7.12. The molecule has 18 heavy (non-hydrogen) atoms. The summed E-state index contributed by atoms with van der Waals surface area (Å²) in [6, 6.07) is 0.461. The minimum atomic E-state index is -0.446. The third kappa shape index (κ3) is 11.0. The fraction of sp³-hybridized carbons (Fsp3) is 1.00. The summed E-state index contributed by atoms with van der Waals surface area (Å²) in [4.78, 5) is 0. The monoisotopic (exact) mass is 261 g/mol. The Balaban J connectivity index is 3.47. The van der Waals surface area contributed by atoms with Crippen LogP contribution in [-0.2, 0) is 9.47 Å². The lowest BCUT2D eigenvalue weighted by molar-refractivity contribution is -0.0315. The first kappa shape index (κ1) is 17.8. The standard InChI is InChI=1S/C14H31NO3/c1-5-6-7-8-12(2)15-9-14(16)11-18-13(3)10-17-4/h12-16H,5-11H2,1-4H3. The number of methoxy groups -OCH3 is 1. The number of rotatable bonds is 12. The molecule has 0 bridgehead atoms. The summed E-state index contributed by atoms with van der Waals surface area (Å²) < 4.78 is 10.4. The number of aliphatic hydroxyl groups is 1. The number of unbranched alkanes of at least 4 members (excludes halogenated alkanes) is 2. The molecule has 110 valence electrons. The van der Waals surface area contributed by atoms with Gasteiger partial charge in [0.2, 0.25) is 0 Å². The van der Waals surface area contributed by atoms with Crippen molar-refractivity contribution < 1.29 is 14.6 Å². The van der Waals surface area contributed by atoms with Crippen molar-refractivity contribution in [2.75, 3.05) is 26.9 Å². The van der Waals surface area contributed by atoms with Crippen LogP contribution in [0.25, 0.3) is 0 Å². The lowest BCUT2D eigenvalue weighted by Gasteiger charge is -2.19. The second kappa shape index (κ2) is 11.9. The summed E-state index contributed by atoms with van der Waals surface area (Å²) >= 11 is 0. The molecule has 0 aromatic heterocycles. The van der Waals surface area contributed by atoms with Gasteiger partial charge in [-0.1, -0.05) is 26.2 Å². The Morgan fingerprint density at radius 3 is 2.50 bits per heavy atom. The van der Waals surface area contributed by atoms with E-state index < -0.39 is 6.10 Å². The van der Waals surface area contributed by atoms with Gasteiger partial charge in [0.1, 0.15) is 0 Å². The zero-order valence-electron chi connectivity index (χ0n) is 12.4. The number of nitrogens with one attached hydrogen (secondary N) is 1. The van der Waals surface area contributed by atoms with E-state index in [0.717, 1.165) is 0 Å². The molecular formula is C14H31NO3. The average molecular weight is 261 g/mol. The van der Waals surface area contributed by atoms with E-state index >= 15 is 0 Å². The van der Waals surface area contributed by atoms with E-state index in [9.17, 15) is 5.11 Å². The van der Waals surface area contributed by atoms with Crippen molar-refractivity contribution in [2.24, 2.45) is 0 Å². The molecule has 4 heteroatoms. The first-order chi connectivity index (χ1) is 8.60. The highest BCUT2D eigenvalue weighted by Gasteiger charge is 2.09. The fourth-order valence-electron chi connectivity index (χ4n) is 1.76. The van der Waals surface area contributed by atoms with Gasteiger partial charge in [-0.3, -0.25) is 0 Å². The number of hydrogen-bond acceptors (Lipinski definition) is 4. The number of ether oxygens (including phenoxy) is 2. The van der Waals surface area contributed by atoms with Crippen molar-refractivity contribution >= 4 is 0 Å². The molecule has 2 N–H and O–H groups in total. The van der Waals surface area contributed by atoms with Crippen LogP contribution in [0.4, 0.5) is 0 Å². The van der Waals surface area contributed by atoms with E-state index in [1.807, 2.05) is 6.92 Å². The maximum absolute atomic E-state index is 9.76. The molecule has 0 spiro atoms. The van der Waals surface area contributed by atoms with Crippen molar-refractivity contribution in [2.45, 2.75) is 64.7 Å². The molecule has 0 aliphatic carbocycles. The van der Waals surface area contributed by atoms with E-state index in [1.54, 1.807) is 7.11 Å². The van der Waals surface area contributed by atoms with Crippen LogP contribution in [0.5, 0.6) is 0 Å². The predicted molar refractivity (Wildman–Crippen MR) is 74.9 cm³/mol. The van der Waals surface area contributed by atoms with Crippen LogP contribution in [0.1, 0.15) is 46.5 Å². The Morgan fingerprint density at radius 1 is 1.17 bits per heavy atom. The smallest absolute Gasteiger partial charge is 0.0897 e. The minimum absolute atomic E-state index is 0.0339. The van der Waals surface area contributed by atoms with Crippen LogP contribution in [-0.4, -0.2) is 50.2 Å². The topological polar surface area (TPSA) is 50.7 Å². The van der Waals surface area contributed by atoms with Gasteiger partial charge in [-0.2, -0.15) is 0 Å². The van der Waals surface area contributed by atoms with Crippen molar-refractivity contribution in [1.82, 2.24) is 5.32 Å². The molecule has 4 nitrogen and oxygen atoms in total. The van der Waals surface area contributed by atoms with E-state index in [-0.39, 0.29) is 6.10 Å². The van der Waals surface area contributed by atoms with Crippen molar-refractivity contribution in [3.05, 3.63) is 0 Å². The molecule has 0 aliphatic heterocycles. The molecule has 3 atom stereocenters. The molecule has 3 unspecified atom stereocenters. The lowest BCUT2D eigenvalue weighted by atomic mass is 10.1. The van der Waals surface area contributed by atoms with Crippen molar-refractivity contribution in [3.63, 3.8) is 0 Å². The summed E-state index contributed by atoms with van der Waals surface area (Å²) in [5.41, 5.74) is 0. The predicted octanol–water partition coefficient (Wildman–Crippen LogP) is 1.96. The van der Waals surface area contributed by atoms with Crippen LogP contribution in [0.2, 0.25) is 0 Å². The Bertz CT molecular complexity index is 178. The highest BCUT2D eigenvalue weighted by molar-refractivity contribution is 4.65. The molecule has 0 aromatic rings. The summed E-state index contributed by atoms with van der Waals surface area (Å²) in [6.45, 7) is 7.83. The van der Waals surface area contributed by atoms with Gasteiger partial charge in [-0.25, -0.2) is 0 Å². The molecule has 0 fully saturated rings. The van der Waals surface area contributed by atoms with E-state index in [2.05, 4.69) is 19.2 Å². The normalized spacial score (nSPS) is 16.5. The second-order valence-electron chi connectivity index (χ2n) is 5.06. The van der Waals surface area contributed by atoms with Gasteiger partial charge in [0.05, 0.1) is 25.4 Å². The second-order valence-corrected chi connectivity index (χ2v) is 5.06. The first-order valence-electron chi connectivity index (χ1n) is 7.12. The molecule has 0 aromatic carbocycles. The highest BCUT2D eigenvalue weighted by Crippen LogP contribution is 2.03. The van der Waals surface area contributed by atoms with Crippen LogP contribution >= 0.6 is 0 Å². The third-order valence-electron chi connectivity index (χ3n) is 2.92. The Kier molecular flexibility index (Phi) is 11.8. The number of aliphatic hydroxyl groups excluding tert-OH is 1. The van der Waals surface area contributed by atoms with Gasteiger partial charge in [0.25, 0.3) is 0 Å². The van der Waals surface area contributed by atoms with Crippen LogP contribution in [0.3, 0.4) is 0 Å². The Morgan fingerprint density at radius 2 is 1.89 bits per heavy atom. The minimum Gasteiger partial charge on any atom is -0.389 e. The molecule has 0 saturated carbocycles. The molecule has 0 amide bonds. The SMILES string of the molecule is CCCCCC(C)NCC(O)COC(C)COC. The van der Waals surface area contributed by atoms with E-state index in [4.69, 9.17) is 9.47 Å². The molecule has 0 aliphatic rings. The van der Waals surface area contributed by atoms with Gasteiger partial charge < -0.3 is 19.9 Å². The molecule has 0 heterocycles. The molecule has 0 radical (unpaired) electrons. The van der Waals surface area contributed by atoms with Gasteiger partial charge in [0, 0.05) is 19.7 Å². The third-order valence-corrected chi connectivity index (χ3v) is 2.92. The van der Waals surface area contributed by atoms with Crippen molar-refractivity contribution in [3.8, 4) is 0 Å². The van der Waals surface area contributed by atoms with Gasteiger partial charge >= 0.3 is 0 Å². The maximum Gasteiger partial charge on any atom is 0.0897 e. The summed E-state index contributed by atoms with van der Waals surface area (Å²) in [7, 11) is 1.65. The van der Waals surface area contributed by atoms with Gasteiger partial charge in [-0.15, -0.1) is 0 Å². The summed E-state index contributed by atoms with van der Waals surface area (Å²) in [6.07, 6.45) is 4.54. The molecule has 0 saturated heterocycles. The van der Waals surface area contributed by atoms with E-state index in [0.29, 0.717) is 25.8 Å². The van der Waals surface area contributed by atoms with Crippen molar-refractivity contribution in [1.29, 1.82) is 0 Å². The summed E-state index contributed by atoms with van der Waals surface area (Å²) in [5, 5.41) is 13.1. The highest BCUT2D eigenvalue weighted by atomic mass is 16.5. The quantitative estimate of drug-likeness (QED) is 0.527. The van der Waals surface area contributed by atoms with Crippen LogP contribution < -0.4 is 5.32 Å². The average Bonchev–Trinajstić information content (AvgIpc) is 2.34. The lowest BCUT2D eigenvalue weighted by Crippen LogP contribution is -2.36. The van der Waals surface area contributed by atoms with Gasteiger partial charge in [-0.05, 0) is 20.3 Å². The largest absolute Gasteiger partial charge is 0.389 e. The Hall–Kier alpha value is -0.160. The summed E-state index contributed by atoms with van der Waals surface area (Å²) in [5.74, 6) is 0. The fourth-order valence-corrected chi connectivity index (χ4v) is 1.76. The van der Waals surface area contributed by atoms with Crippen LogP contribution in [0, 0.1) is 0 Å². The zero-order valence-corrected chi connectivity index (χ0v) is 12.4. The molecular weight excluding hydrogens is 230 g/mol. The Labute approximate surface area is 112 Å². The maximum atomic E-state index is 9.76. The van der Waals surface area contributed by atoms with E-state index in [1.165, 1.54) is 25.7 Å². The molecule has 0 rings (SSSR count). The van der Waals surface area contributed by atoms with Gasteiger partial charge in [0.15, 0.2) is 0 Å². The van der Waals surface area contributed by atoms with Crippen LogP contribution in [0.15, 0.2) is 0 Å².